The molecule has 2 fully saturated rings. The van der Waals surface area contributed by atoms with Crippen LogP contribution in [0.1, 0.15) is 58.8 Å². The zero-order valence-corrected chi connectivity index (χ0v) is 14.0. The predicted molar refractivity (Wildman–Crippen MR) is 86.9 cm³/mol. The van der Waals surface area contributed by atoms with Gasteiger partial charge in [0, 0.05) is 11.8 Å². The Labute approximate surface area is 128 Å². The molecule has 20 heavy (non-hydrogen) atoms. The lowest BCUT2D eigenvalue weighted by molar-refractivity contribution is -0.130. The van der Waals surface area contributed by atoms with Crippen LogP contribution in [0.3, 0.4) is 0 Å². The maximum atomic E-state index is 12.6. The molecular formula is C16H30N2OS. The van der Waals surface area contributed by atoms with Crippen molar-refractivity contribution < 1.29 is 4.79 Å². The zero-order chi connectivity index (χ0) is 14.5. The Kier molecular flexibility index (Phi) is 6.21. The molecule has 0 aromatic heterocycles. The van der Waals surface area contributed by atoms with Gasteiger partial charge in [-0.05, 0) is 37.9 Å². The third-order valence-electron chi connectivity index (χ3n) is 4.89. The van der Waals surface area contributed by atoms with E-state index in [1.54, 1.807) is 0 Å². The average molecular weight is 298 g/mol. The van der Waals surface area contributed by atoms with Crippen LogP contribution in [-0.2, 0) is 4.79 Å². The maximum Gasteiger partial charge on any atom is 0.241 e. The number of rotatable bonds is 7. The van der Waals surface area contributed by atoms with E-state index < -0.39 is 0 Å². The quantitative estimate of drug-likeness (QED) is 0.783. The van der Waals surface area contributed by atoms with E-state index >= 15 is 0 Å². The summed E-state index contributed by atoms with van der Waals surface area (Å²) in [5.74, 6) is 1.04. The number of hydrogen-bond acceptors (Lipinski definition) is 3. The molecule has 1 N–H and O–H groups in total. The fourth-order valence-corrected chi connectivity index (χ4v) is 3.89. The molecule has 3 nitrogen and oxygen atoms in total. The summed E-state index contributed by atoms with van der Waals surface area (Å²) >= 11 is 1.90. The van der Waals surface area contributed by atoms with Crippen molar-refractivity contribution in [2.24, 2.45) is 5.92 Å². The van der Waals surface area contributed by atoms with Crippen LogP contribution >= 0.6 is 11.8 Å². The van der Waals surface area contributed by atoms with Crippen LogP contribution in [-0.4, -0.2) is 41.1 Å². The fourth-order valence-electron chi connectivity index (χ4n) is 3.55. The molecule has 1 heterocycles. The number of amides is 1. The van der Waals surface area contributed by atoms with Gasteiger partial charge in [0.25, 0.3) is 0 Å². The summed E-state index contributed by atoms with van der Waals surface area (Å²) in [6.45, 7) is 5.35. The number of nitrogens with one attached hydrogen (secondary N) is 1. The maximum absolute atomic E-state index is 12.6. The van der Waals surface area contributed by atoms with Gasteiger partial charge in [0.1, 0.15) is 0 Å². The molecule has 1 saturated carbocycles. The van der Waals surface area contributed by atoms with Gasteiger partial charge in [0.15, 0.2) is 0 Å². The Morgan fingerprint density at radius 1 is 1.40 bits per heavy atom. The van der Waals surface area contributed by atoms with Crippen LogP contribution in [0.2, 0.25) is 0 Å². The first-order valence-corrected chi connectivity index (χ1v) is 9.55. The van der Waals surface area contributed by atoms with Gasteiger partial charge in [-0.3, -0.25) is 10.1 Å². The lowest BCUT2D eigenvalue weighted by atomic mass is 10.0. The molecule has 2 rings (SSSR count). The summed E-state index contributed by atoms with van der Waals surface area (Å²) in [5.41, 5.74) is 0. The number of nitrogens with zero attached hydrogens (tertiary/aromatic N) is 1. The normalized spacial score (nSPS) is 29.4. The topological polar surface area (TPSA) is 32.3 Å². The van der Waals surface area contributed by atoms with Crippen LogP contribution in [0.15, 0.2) is 0 Å². The molecule has 0 aromatic rings. The standard InChI is InChI=1S/C16H30N2OS/c1-4-7-14-16(19)18(11-10-12(2)20-3)15(17-14)13-8-5-6-9-13/h12-15,17H,4-11H2,1-3H3. The van der Waals surface area contributed by atoms with Crippen LogP contribution in [0.25, 0.3) is 0 Å². The Bertz CT molecular complexity index is 318. The minimum absolute atomic E-state index is 0.0789. The first kappa shape index (κ1) is 16.2. The van der Waals surface area contributed by atoms with E-state index in [9.17, 15) is 4.79 Å². The van der Waals surface area contributed by atoms with E-state index in [2.05, 4.69) is 30.3 Å². The summed E-state index contributed by atoms with van der Waals surface area (Å²) < 4.78 is 0. The lowest BCUT2D eigenvalue weighted by Gasteiger charge is -2.29. The summed E-state index contributed by atoms with van der Waals surface area (Å²) in [6.07, 6.45) is 10.9. The zero-order valence-electron chi connectivity index (χ0n) is 13.2. The molecule has 0 aromatic carbocycles. The molecule has 2 aliphatic rings. The number of hydrogen-bond donors (Lipinski definition) is 1. The predicted octanol–water partition coefficient (Wildman–Crippen LogP) is 3.24. The molecule has 0 spiro atoms. The highest BCUT2D eigenvalue weighted by atomic mass is 32.2. The lowest BCUT2D eigenvalue weighted by Crippen LogP contribution is -2.43. The smallest absolute Gasteiger partial charge is 0.241 e. The minimum atomic E-state index is 0.0789. The van der Waals surface area contributed by atoms with Gasteiger partial charge >= 0.3 is 0 Å². The Morgan fingerprint density at radius 3 is 2.70 bits per heavy atom. The molecule has 0 radical (unpaired) electrons. The van der Waals surface area contributed by atoms with Crippen molar-refractivity contribution in [1.82, 2.24) is 10.2 Å². The Morgan fingerprint density at radius 2 is 2.10 bits per heavy atom. The molecule has 116 valence electrons. The molecule has 4 heteroatoms. The van der Waals surface area contributed by atoms with E-state index in [0.29, 0.717) is 23.2 Å². The van der Waals surface area contributed by atoms with Crippen molar-refractivity contribution in [2.75, 3.05) is 12.8 Å². The first-order valence-electron chi connectivity index (χ1n) is 8.26. The SMILES string of the molecule is CCCC1NC(C2CCCC2)N(CCC(C)SC)C1=O. The van der Waals surface area contributed by atoms with Gasteiger partial charge in [-0.15, -0.1) is 0 Å². The van der Waals surface area contributed by atoms with Crippen molar-refractivity contribution in [1.29, 1.82) is 0 Å². The summed E-state index contributed by atoms with van der Waals surface area (Å²) in [6, 6.07) is 0.0789. The summed E-state index contributed by atoms with van der Waals surface area (Å²) in [5, 5.41) is 4.28. The molecule has 1 saturated heterocycles. The van der Waals surface area contributed by atoms with Crippen molar-refractivity contribution in [3.05, 3.63) is 0 Å². The van der Waals surface area contributed by atoms with Crippen molar-refractivity contribution >= 4 is 17.7 Å². The van der Waals surface area contributed by atoms with Crippen LogP contribution in [0.5, 0.6) is 0 Å². The Balaban J connectivity index is 2.00. The van der Waals surface area contributed by atoms with E-state index in [-0.39, 0.29) is 6.04 Å². The third-order valence-corrected chi connectivity index (χ3v) is 5.93. The van der Waals surface area contributed by atoms with E-state index in [4.69, 9.17) is 0 Å². The second kappa shape index (κ2) is 7.69. The molecule has 3 unspecified atom stereocenters. The van der Waals surface area contributed by atoms with E-state index in [1.165, 1.54) is 25.7 Å². The molecular weight excluding hydrogens is 268 g/mol. The van der Waals surface area contributed by atoms with Crippen LogP contribution in [0, 0.1) is 5.92 Å². The summed E-state index contributed by atoms with van der Waals surface area (Å²) in [7, 11) is 0. The summed E-state index contributed by atoms with van der Waals surface area (Å²) in [4.78, 5) is 14.8. The first-order chi connectivity index (χ1) is 9.67. The van der Waals surface area contributed by atoms with Crippen LogP contribution < -0.4 is 5.32 Å². The molecule has 0 bridgehead atoms. The van der Waals surface area contributed by atoms with Crippen molar-refractivity contribution in [2.45, 2.75) is 76.3 Å². The highest BCUT2D eigenvalue weighted by Crippen LogP contribution is 2.33. The van der Waals surface area contributed by atoms with E-state index in [0.717, 1.165) is 25.8 Å². The van der Waals surface area contributed by atoms with Gasteiger partial charge < -0.3 is 4.90 Å². The highest BCUT2D eigenvalue weighted by Gasteiger charge is 2.42. The molecule has 3 atom stereocenters. The second-order valence-electron chi connectivity index (χ2n) is 6.36. The number of thioether (sulfide) groups is 1. The van der Waals surface area contributed by atoms with Gasteiger partial charge in [0.2, 0.25) is 5.91 Å². The van der Waals surface area contributed by atoms with Gasteiger partial charge in [0.05, 0.1) is 12.2 Å². The van der Waals surface area contributed by atoms with Gasteiger partial charge in [-0.25, -0.2) is 0 Å². The van der Waals surface area contributed by atoms with E-state index in [1.807, 2.05) is 11.8 Å². The minimum Gasteiger partial charge on any atom is -0.325 e. The molecule has 1 aliphatic carbocycles. The monoisotopic (exact) mass is 298 g/mol. The van der Waals surface area contributed by atoms with Gasteiger partial charge in [-0.2, -0.15) is 11.8 Å². The highest BCUT2D eigenvalue weighted by molar-refractivity contribution is 7.99. The van der Waals surface area contributed by atoms with Crippen molar-refractivity contribution in [3.8, 4) is 0 Å². The number of carbonyl (C=O) groups excluding carboxylic acids is 1. The molecule has 1 aliphatic heterocycles. The average Bonchev–Trinajstić information content (AvgIpc) is 3.06. The van der Waals surface area contributed by atoms with Crippen molar-refractivity contribution in [3.63, 3.8) is 0 Å². The van der Waals surface area contributed by atoms with Gasteiger partial charge in [-0.1, -0.05) is 33.1 Å². The second-order valence-corrected chi connectivity index (χ2v) is 7.64. The fraction of sp³-hybridized carbons (Fsp3) is 0.938. The largest absolute Gasteiger partial charge is 0.325 e. The molecule has 1 amide bonds. The van der Waals surface area contributed by atoms with Crippen LogP contribution in [0.4, 0.5) is 0 Å². The third kappa shape index (κ3) is 3.70. The Hall–Kier alpha value is -0.220. The number of carbonyl (C=O) groups is 1.